The first-order valence-corrected chi connectivity index (χ1v) is 6.89. The van der Waals surface area contributed by atoms with Gasteiger partial charge in [-0.25, -0.2) is 4.39 Å². The van der Waals surface area contributed by atoms with Gasteiger partial charge in [-0.2, -0.15) is 0 Å². The number of hydrogen-bond donors (Lipinski definition) is 1. The fourth-order valence-corrected chi connectivity index (χ4v) is 2.14. The van der Waals surface area contributed by atoms with Crippen LogP contribution in [0.4, 0.5) is 10.1 Å². The third kappa shape index (κ3) is 3.40. The predicted octanol–water partition coefficient (Wildman–Crippen LogP) is 3.46. The molecule has 2 rings (SSSR count). The second-order valence-corrected chi connectivity index (χ2v) is 5.21. The number of nitrogen functional groups attached to an aromatic ring is 1. The summed E-state index contributed by atoms with van der Waals surface area (Å²) < 4.78 is 13.8. The van der Waals surface area contributed by atoms with Gasteiger partial charge in [0.05, 0.1) is 5.56 Å². The van der Waals surface area contributed by atoms with Gasteiger partial charge in [-0.05, 0) is 37.6 Å². The van der Waals surface area contributed by atoms with Crippen molar-refractivity contribution in [1.29, 1.82) is 0 Å². The lowest BCUT2D eigenvalue weighted by atomic mass is 10.1. The summed E-state index contributed by atoms with van der Waals surface area (Å²) in [6, 6.07) is 13.4. The van der Waals surface area contributed by atoms with Gasteiger partial charge in [0.25, 0.3) is 5.91 Å². The maximum atomic E-state index is 13.8. The standard InChI is InChI=1S/C17H19FN2O/c1-12(2)20(11-13-7-3-6-10-16(13)19)17(21)14-8-4-5-9-15(14)18/h3-10,12H,11,19H2,1-2H3. The normalized spacial score (nSPS) is 10.7. The van der Waals surface area contributed by atoms with E-state index in [0.717, 1.165) is 5.56 Å². The van der Waals surface area contributed by atoms with E-state index < -0.39 is 5.82 Å². The quantitative estimate of drug-likeness (QED) is 0.875. The van der Waals surface area contributed by atoms with Crippen molar-refractivity contribution >= 4 is 11.6 Å². The van der Waals surface area contributed by atoms with Crippen LogP contribution in [0.5, 0.6) is 0 Å². The van der Waals surface area contributed by atoms with Gasteiger partial charge >= 0.3 is 0 Å². The Hall–Kier alpha value is -2.36. The summed E-state index contributed by atoms with van der Waals surface area (Å²) in [6.07, 6.45) is 0. The molecule has 0 saturated carbocycles. The Bertz CT molecular complexity index is 640. The summed E-state index contributed by atoms with van der Waals surface area (Å²) in [6.45, 7) is 4.16. The van der Waals surface area contributed by atoms with Crippen molar-refractivity contribution in [1.82, 2.24) is 4.90 Å². The number of carbonyl (C=O) groups excluding carboxylic acids is 1. The molecule has 2 aromatic carbocycles. The molecule has 110 valence electrons. The number of para-hydroxylation sites is 1. The van der Waals surface area contributed by atoms with E-state index in [0.29, 0.717) is 12.2 Å². The lowest BCUT2D eigenvalue weighted by molar-refractivity contribution is 0.0686. The monoisotopic (exact) mass is 286 g/mol. The molecule has 2 N–H and O–H groups in total. The van der Waals surface area contributed by atoms with E-state index >= 15 is 0 Å². The molecule has 0 heterocycles. The van der Waals surface area contributed by atoms with Crippen LogP contribution in [0.2, 0.25) is 0 Å². The number of amides is 1. The molecular weight excluding hydrogens is 267 g/mol. The highest BCUT2D eigenvalue weighted by Gasteiger charge is 2.22. The fourth-order valence-electron chi connectivity index (χ4n) is 2.14. The first-order chi connectivity index (χ1) is 10.0. The summed E-state index contributed by atoms with van der Waals surface area (Å²) in [4.78, 5) is 14.2. The van der Waals surface area contributed by atoms with Gasteiger partial charge < -0.3 is 10.6 Å². The van der Waals surface area contributed by atoms with Crippen LogP contribution in [0.1, 0.15) is 29.8 Å². The van der Waals surface area contributed by atoms with Crippen molar-refractivity contribution in [2.24, 2.45) is 0 Å². The molecule has 0 unspecified atom stereocenters. The Morgan fingerprint density at radius 2 is 1.76 bits per heavy atom. The minimum absolute atomic E-state index is 0.0586. The van der Waals surface area contributed by atoms with Gasteiger partial charge in [-0.1, -0.05) is 30.3 Å². The molecule has 4 heteroatoms. The molecule has 0 aliphatic heterocycles. The number of benzene rings is 2. The number of hydrogen-bond acceptors (Lipinski definition) is 2. The minimum atomic E-state index is -0.505. The van der Waals surface area contributed by atoms with Gasteiger partial charge in [0.15, 0.2) is 0 Å². The SMILES string of the molecule is CC(C)N(Cc1ccccc1N)C(=O)c1ccccc1F. The van der Waals surface area contributed by atoms with Crippen molar-refractivity contribution in [3.8, 4) is 0 Å². The lowest BCUT2D eigenvalue weighted by Gasteiger charge is -2.27. The Labute approximate surface area is 124 Å². The van der Waals surface area contributed by atoms with Crippen LogP contribution in [-0.4, -0.2) is 16.8 Å². The zero-order valence-corrected chi connectivity index (χ0v) is 12.2. The molecule has 0 aliphatic carbocycles. The zero-order valence-electron chi connectivity index (χ0n) is 12.2. The van der Waals surface area contributed by atoms with Crippen LogP contribution in [0.15, 0.2) is 48.5 Å². The number of rotatable bonds is 4. The van der Waals surface area contributed by atoms with Gasteiger partial charge in [0.2, 0.25) is 0 Å². The molecule has 0 aromatic heterocycles. The Kier molecular flexibility index (Phi) is 4.58. The second-order valence-electron chi connectivity index (χ2n) is 5.21. The Morgan fingerprint density at radius 1 is 1.14 bits per heavy atom. The zero-order chi connectivity index (χ0) is 15.4. The molecule has 0 radical (unpaired) electrons. The summed E-state index contributed by atoms with van der Waals surface area (Å²) in [5, 5.41) is 0. The second kappa shape index (κ2) is 6.39. The van der Waals surface area contributed by atoms with E-state index in [1.54, 1.807) is 23.1 Å². The predicted molar refractivity (Wildman–Crippen MR) is 82.3 cm³/mol. The van der Waals surface area contributed by atoms with E-state index in [1.165, 1.54) is 12.1 Å². The van der Waals surface area contributed by atoms with Crippen LogP contribution in [0.3, 0.4) is 0 Å². The van der Waals surface area contributed by atoms with Gasteiger partial charge in [0.1, 0.15) is 5.82 Å². The van der Waals surface area contributed by atoms with Gasteiger partial charge in [-0.15, -0.1) is 0 Å². The van der Waals surface area contributed by atoms with Crippen LogP contribution < -0.4 is 5.73 Å². The van der Waals surface area contributed by atoms with E-state index in [9.17, 15) is 9.18 Å². The summed E-state index contributed by atoms with van der Waals surface area (Å²) >= 11 is 0. The molecule has 0 atom stereocenters. The van der Waals surface area contributed by atoms with Gasteiger partial charge in [-0.3, -0.25) is 4.79 Å². The third-order valence-electron chi connectivity index (χ3n) is 3.38. The first kappa shape index (κ1) is 15.0. The molecule has 0 aliphatic rings. The summed E-state index contributed by atoms with van der Waals surface area (Å²) in [7, 11) is 0. The number of nitrogens with two attached hydrogens (primary N) is 1. The van der Waals surface area contributed by atoms with Crippen LogP contribution >= 0.6 is 0 Å². The summed E-state index contributed by atoms with van der Waals surface area (Å²) in [5.41, 5.74) is 7.50. The molecule has 1 amide bonds. The van der Waals surface area contributed by atoms with Crippen molar-refractivity contribution in [3.05, 3.63) is 65.5 Å². The molecule has 0 saturated heterocycles. The fraction of sp³-hybridized carbons (Fsp3) is 0.235. The maximum absolute atomic E-state index is 13.8. The van der Waals surface area contributed by atoms with Crippen LogP contribution in [0, 0.1) is 5.82 Å². The van der Waals surface area contributed by atoms with Gasteiger partial charge in [0, 0.05) is 18.3 Å². The van der Waals surface area contributed by atoms with E-state index in [1.807, 2.05) is 32.0 Å². The highest BCUT2D eigenvalue weighted by Crippen LogP contribution is 2.18. The first-order valence-electron chi connectivity index (χ1n) is 6.89. The Morgan fingerprint density at radius 3 is 2.38 bits per heavy atom. The van der Waals surface area contributed by atoms with Crippen molar-refractivity contribution in [2.75, 3.05) is 5.73 Å². The van der Waals surface area contributed by atoms with E-state index in [2.05, 4.69) is 0 Å². The van der Waals surface area contributed by atoms with Crippen LogP contribution in [-0.2, 0) is 6.54 Å². The number of nitrogens with zero attached hydrogens (tertiary/aromatic N) is 1. The Balaban J connectivity index is 2.30. The summed E-state index contributed by atoms with van der Waals surface area (Å²) in [5.74, 6) is -0.833. The minimum Gasteiger partial charge on any atom is -0.398 e. The smallest absolute Gasteiger partial charge is 0.257 e. The average Bonchev–Trinajstić information content (AvgIpc) is 2.46. The molecule has 0 fully saturated rings. The average molecular weight is 286 g/mol. The molecule has 2 aromatic rings. The molecule has 0 bridgehead atoms. The number of carbonyl (C=O) groups is 1. The topological polar surface area (TPSA) is 46.3 Å². The largest absolute Gasteiger partial charge is 0.398 e. The third-order valence-corrected chi connectivity index (χ3v) is 3.38. The number of anilines is 1. The van der Waals surface area contributed by atoms with Crippen LogP contribution in [0.25, 0.3) is 0 Å². The van der Waals surface area contributed by atoms with Crippen molar-refractivity contribution < 1.29 is 9.18 Å². The maximum Gasteiger partial charge on any atom is 0.257 e. The van der Waals surface area contributed by atoms with Crippen molar-refractivity contribution in [3.63, 3.8) is 0 Å². The van der Waals surface area contributed by atoms with E-state index in [-0.39, 0.29) is 17.5 Å². The van der Waals surface area contributed by atoms with Crippen molar-refractivity contribution in [2.45, 2.75) is 26.4 Å². The molecule has 21 heavy (non-hydrogen) atoms. The highest BCUT2D eigenvalue weighted by molar-refractivity contribution is 5.94. The van der Waals surface area contributed by atoms with E-state index in [4.69, 9.17) is 5.73 Å². The molecule has 3 nitrogen and oxygen atoms in total. The lowest BCUT2D eigenvalue weighted by Crippen LogP contribution is -2.37. The highest BCUT2D eigenvalue weighted by atomic mass is 19.1. The number of halogens is 1. The molecular formula is C17H19FN2O. The molecule has 0 spiro atoms.